The highest BCUT2D eigenvalue weighted by Gasteiger charge is 2.36. The molecule has 176 valence electrons. The van der Waals surface area contributed by atoms with Crippen molar-refractivity contribution in [2.75, 3.05) is 26.2 Å². The molecule has 8 heteroatoms. The summed E-state index contributed by atoms with van der Waals surface area (Å²) in [6.45, 7) is 2.32. The quantitative estimate of drug-likeness (QED) is 0.530. The van der Waals surface area contributed by atoms with Crippen molar-refractivity contribution >= 4 is 21.7 Å². The molecule has 4 rings (SSSR count). The van der Waals surface area contributed by atoms with E-state index in [4.69, 9.17) is 11.1 Å². The van der Waals surface area contributed by atoms with Gasteiger partial charge in [0.1, 0.15) is 0 Å². The van der Waals surface area contributed by atoms with Gasteiger partial charge in [0.2, 0.25) is 5.91 Å². The lowest BCUT2D eigenvalue weighted by atomic mass is 9.84. The molecule has 0 unspecified atom stereocenters. The van der Waals surface area contributed by atoms with E-state index in [0.29, 0.717) is 62.7 Å². The van der Waals surface area contributed by atoms with Crippen LogP contribution in [0.4, 0.5) is 0 Å². The SMILES string of the molecule is N=C(N)N1CCN(C(=O)C2CCC(S(=O)(=O)c3ccc(C4CCCCC4)cc3)CC2)CC1. The van der Waals surface area contributed by atoms with E-state index in [-0.39, 0.29) is 17.8 Å². The molecule has 32 heavy (non-hydrogen) atoms. The lowest BCUT2D eigenvalue weighted by molar-refractivity contribution is -0.137. The molecule has 0 bridgehead atoms. The minimum atomic E-state index is -3.37. The Bertz CT molecular complexity index is 909. The number of carbonyl (C=O) groups is 1. The lowest BCUT2D eigenvalue weighted by Crippen LogP contribution is -2.53. The van der Waals surface area contributed by atoms with Crippen LogP contribution in [0, 0.1) is 11.3 Å². The molecular formula is C24H36N4O3S. The molecule has 0 spiro atoms. The van der Waals surface area contributed by atoms with E-state index in [1.807, 2.05) is 17.0 Å². The van der Waals surface area contributed by atoms with E-state index in [1.54, 1.807) is 17.0 Å². The monoisotopic (exact) mass is 460 g/mol. The predicted molar refractivity (Wildman–Crippen MR) is 125 cm³/mol. The molecule has 1 aromatic rings. The molecular weight excluding hydrogens is 424 g/mol. The fourth-order valence-electron chi connectivity index (χ4n) is 5.60. The first kappa shape index (κ1) is 23.1. The van der Waals surface area contributed by atoms with Crippen LogP contribution in [0.15, 0.2) is 29.2 Å². The maximum atomic E-state index is 13.2. The Kier molecular flexibility index (Phi) is 7.08. The van der Waals surface area contributed by atoms with Crippen LogP contribution in [-0.2, 0) is 14.6 Å². The Labute approximate surface area is 191 Å². The van der Waals surface area contributed by atoms with Crippen LogP contribution in [0.25, 0.3) is 0 Å². The van der Waals surface area contributed by atoms with Crippen LogP contribution in [0.2, 0.25) is 0 Å². The summed E-state index contributed by atoms with van der Waals surface area (Å²) in [6.07, 6.45) is 8.56. The number of hydrogen-bond acceptors (Lipinski definition) is 4. The molecule has 0 aromatic heterocycles. The molecule has 3 N–H and O–H groups in total. The second-order valence-electron chi connectivity index (χ2n) is 9.62. The lowest BCUT2D eigenvalue weighted by Gasteiger charge is -2.38. The van der Waals surface area contributed by atoms with Crippen molar-refractivity contribution in [1.82, 2.24) is 9.80 Å². The molecule has 1 heterocycles. The number of nitrogens with two attached hydrogens (primary N) is 1. The van der Waals surface area contributed by atoms with Crippen LogP contribution in [0.5, 0.6) is 0 Å². The first-order valence-electron chi connectivity index (χ1n) is 12.1. The molecule has 1 aromatic carbocycles. The average Bonchev–Trinajstić information content (AvgIpc) is 2.84. The van der Waals surface area contributed by atoms with Gasteiger partial charge in [-0.05, 0) is 62.1 Å². The van der Waals surface area contributed by atoms with E-state index in [1.165, 1.54) is 37.7 Å². The van der Waals surface area contributed by atoms with Crippen molar-refractivity contribution in [1.29, 1.82) is 5.41 Å². The zero-order chi connectivity index (χ0) is 22.7. The van der Waals surface area contributed by atoms with Crippen LogP contribution >= 0.6 is 0 Å². The summed E-state index contributed by atoms with van der Waals surface area (Å²) in [6, 6.07) is 7.62. The summed E-state index contributed by atoms with van der Waals surface area (Å²) in [5, 5.41) is 7.12. The number of benzene rings is 1. The van der Waals surface area contributed by atoms with Crippen molar-refractivity contribution < 1.29 is 13.2 Å². The summed E-state index contributed by atoms with van der Waals surface area (Å²) in [7, 11) is -3.37. The van der Waals surface area contributed by atoms with E-state index >= 15 is 0 Å². The molecule has 3 aliphatic rings. The zero-order valence-electron chi connectivity index (χ0n) is 18.8. The van der Waals surface area contributed by atoms with Crippen molar-refractivity contribution in [3.8, 4) is 0 Å². The Morgan fingerprint density at radius 3 is 1.97 bits per heavy atom. The van der Waals surface area contributed by atoms with Crippen molar-refractivity contribution in [3.63, 3.8) is 0 Å². The maximum Gasteiger partial charge on any atom is 0.225 e. The Morgan fingerprint density at radius 1 is 0.844 bits per heavy atom. The third kappa shape index (κ3) is 4.95. The number of carbonyl (C=O) groups excluding carboxylic acids is 1. The maximum absolute atomic E-state index is 13.2. The smallest absolute Gasteiger partial charge is 0.225 e. The second kappa shape index (κ2) is 9.81. The Balaban J connectivity index is 1.32. The van der Waals surface area contributed by atoms with E-state index < -0.39 is 15.1 Å². The predicted octanol–water partition coefficient (Wildman–Crippen LogP) is 3.10. The molecule has 2 saturated carbocycles. The summed E-state index contributed by atoms with van der Waals surface area (Å²) < 4.78 is 26.4. The fraction of sp³-hybridized carbons (Fsp3) is 0.667. The van der Waals surface area contributed by atoms with Gasteiger partial charge in [-0.25, -0.2) is 8.42 Å². The Hall–Kier alpha value is -2.09. The van der Waals surface area contributed by atoms with Crippen LogP contribution in [0.1, 0.15) is 69.3 Å². The van der Waals surface area contributed by atoms with Crippen molar-refractivity contribution in [2.24, 2.45) is 11.7 Å². The number of amides is 1. The molecule has 0 radical (unpaired) electrons. The van der Waals surface area contributed by atoms with Crippen molar-refractivity contribution in [3.05, 3.63) is 29.8 Å². The third-order valence-electron chi connectivity index (χ3n) is 7.68. The van der Waals surface area contributed by atoms with Gasteiger partial charge in [0.05, 0.1) is 10.1 Å². The van der Waals surface area contributed by atoms with Gasteiger partial charge in [0, 0.05) is 32.1 Å². The van der Waals surface area contributed by atoms with Gasteiger partial charge in [-0.15, -0.1) is 0 Å². The highest BCUT2D eigenvalue weighted by Crippen LogP contribution is 2.35. The van der Waals surface area contributed by atoms with Crippen LogP contribution in [-0.4, -0.2) is 61.5 Å². The number of guanidine groups is 1. The summed E-state index contributed by atoms with van der Waals surface area (Å²) in [5.74, 6) is 0.647. The van der Waals surface area contributed by atoms with Gasteiger partial charge in [-0.1, -0.05) is 31.4 Å². The minimum Gasteiger partial charge on any atom is -0.370 e. The normalized spacial score (nSPS) is 25.5. The van der Waals surface area contributed by atoms with Crippen LogP contribution < -0.4 is 5.73 Å². The van der Waals surface area contributed by atoms with Crippen molar-refractivity contribution in [2.45, 2.75) is 73.9 Å². The molecule has 1 amide bonds. The first-order valence-corrected chi connectivity index (χ1v) is 13.6. The highest BCUT2D eigenvalue weighted by atomic mass is 32.2. The molecule has 1 saturated heterocycles. The zero-order valence-corrected chi connectivity index (χ0v) is 19.7. The van der Waals surface area contributed by atoms with E-state index in [2.05, 4.69) is 0 Å². The number of hydrogen-bond donors (Lipinski definition) is 2. The number of nitrogens with one attached hydrogen (secondary N) is 1. The number of piperazine rings is 1. The van der Waals surface area contributed by atoms with Gasteiger partial charge in [0.15, 0.2) is 15.8 Å². The summed E-state index contributed by atoms with van der Waals surface area (Å²) in [5.41, 5.74) is 6.80. The standard InChI is InChI=1S/C24H36N4O3S/c25-24(26)28-16-14-27(15-17-28)23(29)20-8-12-22(13-9-20)32(30,31)21-10-6-19(7-11-21)18-4-2-1-3-5-18/h6-7,10-11,18,20,22H,1-5,8-9,12-17H2,(H3,25,26). The molecule has 7 nitrogen and oxygen atoms in total. The van der Waals surface area contributed by atoms with E-state index in [9.17, 15) is 13.2 Å². The second-order valence-corrected chi connectivity index (χ2v) is 11.8. The van der Waals surface area contributed by atoms with Crippen LogP contribution in [0.3, 0.4) is 0 Å². The first-order chi connectivity index (χ1) is 15.4. The summed E-state index contributed by atoms with van der Waals surface area (Å²) >= 11 is 0. The van der Waals surface area contributed by atoms with Gasteiger partial charge in [0.25, 0.3) is 0 Å². The highest BCUT2D eigenvalue weighted by molar-refractivity contribution is 7.92. The molecule has 3 fully saturated rings. The number of nitrogens with zero attached hydrogens (tertiary/aromatic N) is 2. The largest absolute Gasteiger partial charge is 0.370 e. The third-order valence-corrected chi connectivity index (χ3v) is 9.96. The number of sulfone groups is 1. The molecule has 0 atom stereocenters. The Morgan fingerprint density at radius 2 is 1.41 bits per heavy atom. The minimum absolute atomic E-state index is 0.0505. The topological polar surface area (TPSA) is 108 Å². The fourth-order valence-corrected chi connectivity index (χ4v) is 7.40. The van der Waals surface area contributed by atoms with Gasteiger partial charge in [-0.3, -0.25) is 10.2 Å². The molecule has 2 aliphatic carbocycles. The molecule has 1 aliphatic heterocycles. The van der Waals surface area contributed by atoms with Gasteiger partial charge < -0.3 is 15.5 Å². The average molecular weight is 461 g/mol. The van der Waals surface area contributed by atoms with Gasteiger partial charge in [-0.2, -0.15) is 0 Å². The van der Waals surface area contributed by atoms with E-state index in [0.717, 1.165) is 0 Å². The number of rotatable bonds is 4. The summed E-state index contributed by atoms with van der Waals surface area (Å²) in [4.78, 5) is 17.0. The van der Waals surface area contributed by atoms with Gasteiger partial charge >= 0.3 is 0 Å².